The third-order valence-electron chi connectivity index (χ3n) is 12.8. The summed E-state index contributed by atoms with van der Waals surface area (Å²) in [6.45, 7) is 6.68. The van der Waals surface area contributed by atoms with Gasteiger partial charge in [-0.25, -0.2) is 0 Å². The molecule has 4 heterocycles. The van der Waals surface area contributed by atoms with Gasteiger partial charge in [-0.3, -0.25) is 38.5 Å². The summed E-state index contributed by atoms with van der Waals surface area (Å²) < 4.78 is 5.67. The number of nitrogens with zero attached hydrogens (tertiary/aromatic N) is 3. The van der Waals surface area contributed by atoms with Crippen molar-refractivity contribution in [2.24, 2.45) is 0 Å². The number of hydrogen-bond acceptors (Lipinski definition) is 11. The molecule has 3 aromatic rings. The number of hydrogen-bond donors (Lipinski definition) is 5. The van der Waals surface area contributed by atoms with Crippen LogP contribution >= 0.6 is 0 Å². The zero-order valence-corrected chi connectivity index (χ0v) is 37.9. The Morgan fingerprint density at radius 2 is 1.48 bits per heavy atom. The molecular weight excluding hydrogens is 855 g/mol. The highest BCUT2D eigenvalue weighted by Gasteiger charge is 2.46. The molecule has 3 atom stereocenters. The van der Waals surface area contributed by atoms with E-state index in [2.05, 4.69) is 61.9 Å². The summed E-state index contributed by atoms with van der Waals surface area (Å²) in [4.78, 5) is 94.4. The van der Waals surface area contributed by atoms with Gasteiger partial charge in [0.25, 0.3) is 17.7 Å². The molecule has 354 valence electrons. The third-order valence-corrected chi connectivity index (χ3v) is 12.8. The summed E-state index contributed by atoms with van der Waals surface area (Å²) in [6, 6.07) is 19.3. The predicted octanol–water partition coefficient (Wildman–Crippen LogP) is 4.92. The van der Waals surface area contributed by atoms with Crippen LogP contribution in [0.4, 0.5) is 5.69 Å². The van der Waals surface area contributed by atoms with E-state index in [1.165, 1.54) is 18.2 Å². The predicted molar refractivity (Wildman–Crippen MR) is 251 cm³/mol. The number of piperazine rings is 1. The Morgan fingerprint density at radius 1 is 0.776 bits per heavy atom. The number of benzene rings is 3. The minimum Gasteiger partial charge on any atom is -0.507 e. The van der Waals surface area contributed by atoms with Crippen molar-refractivity contribution in [3.8, 4) is 11.5 Å². The Balaban J connectivity index is 0.676. The lowest BCUT2D eigenvalue weighted by Gasteiger charge is -2.35. The number of phenolic OH excluding ortho intramolecular Hbond substituents is 1. The fraction of sp³-hybridized carbons (Fsp3) is 0.431. The number of allylic oxidation sites excluding steroid dienone is 2. The van der Waals surface area contributed by atoms with Crippen molar-refractivity contribution in [3.05, 3.63) is 114 Å². The normalized spacial score (nSPS) is 18.6. The summed E-state index contributed by atoms with van der Waals surface area (Å²) in [5, 5.41) is 21.4. The minimum absolute atomic E-state index is 0.0160. The zero-order chi connectivity index (χ0) is 47.3. The van der Waals surface area contributed by atoms with Crippen LogP contribution in [0.1, 0.15) is 114 Å². The maximum absolute atomic E-state index is 13.3. The van der Waals surface area contributed by atoms with Crippen molar-refractivity contribution in [1.29, 1.82) is 0 Å². The summed E-state index contributed by atoms with van der Waals surface area (Å²) in [6.07, 6.45) is 12.5. The van der Waals surface area contributed by atoms with Crippen LogP contribution in [0.25, 0.3) is 0 Å². The number of ether oxygens (including phenoxy) is 1. The molecule has 0 spiro atoms. The molecule has 0 radical (unpaired) electrons. The number of aromatic hydroxyl groups is 1. The van der Waals surface area contributed by atoms with E-state index in [0.717, 1.165) is 74.2 Å². The fourth-order valence-corrected chi connectivity index (χ4v) is 9.25. The van der Waals surface area contributed by atoms with E-state index in [0.29, 0.717) is 68.7 Å². The molecule has 7 rings (SSSR count). The second-order valence-electron chi connectivity index (χ2n) is 17.6. The summed E-state index contributed by atoms with van der Waals surface area (Å²) in [5.41, 5.74) is 3.33. The average molecular weight is 916 g/mol. The van der Waals surface area contributed by atoms with Gasteiger partial charge in [-0.05, 0) is 86.9 Å². The molecule has 3 saturated heterocycles. The molecule has 16 heteroatoms. The SMILES string of the molecule is C=C1CCC(N2C(=O)c3cccc(OCC(=O)NCCCCCCCCNC(=O)CCCC(=O)NCCc4cccc(N5C[C@H]6C[C@@H]5CN6/C=C/C(=O)c5ccccc5O)c4)c3C2=O)C(=O)N1. The minimum atomic E-state index is -0.935. The lowest BCUT2D eigenvalue weighted by Crippen LogP contribution is -2.51. The van der Waals surface area contributed by atoms with Crippen molar-refractivity contribution < 1.29 is 43.4 Å². The van der Waals surface area contributed by atoms with Crippen LogP contribution in [0.5, 0.6) is 11.5 Å². The number of unbranched alkanes of at least 4 members (excludes halogenated alkanes) is 5. The number of rotatable bonds is 24. The first-order valence-corrected chi connectivity index (χ1v) is 23.5. The van der Waals surface area contributed by atoms with Gasteiger partial charge in [0.1, 0.15) is 17.5 Å². The second kappa shape index (κ2) is 23.0. The van der Waals surface area contributed by atoms with Crippen LogP contribution in [0.3, 0.4) is 0 Å². The lowest BCUT2D eigenvalue weighted by atomic mass is 10.0. The maximum atomic E-state index is 13.3. The first-order chi connectivity index (χ1) is 32.5. The number of likely N-dealkylation sites (tertiary alicyclic amines) is 1. The number of fused-ring (bicyclic) bond motifs is 3. The van der Waals surface area contributed by atoms with Crippen LogP contribution in [-0.4, -0.2) is 114 Å². The van der Waals surface area contributed by atoms with Crippen molar-refractivity contribution in [3.63, 3.8) is 0 Å². The molecule has 0 aromatic heterocycles. The van der Waals surface area contributed by atoms with Gasteiger partial charge < -0.3 is 40.9 Å². The van der Waals surface area contributed by atoms with E-state index in [9.17, 15) is 38.7 Å². The van der Waals surface area contributed by atoms with Gasteiger partial charge in [0.15, 0.2) is 12.4 Å². The van der Waals surface area contributed by atoms with Crippen LogP contribution in [0.15, 0.2) is 91.3 Å². The second-order valence-corrected chi connectivity index (χ2v) is 17.6. The maximum Gasteiger partial charge on any atom is 0.266 e. The number of carbonyl (C=O) groups is 7. The number of amides is 6. The molecule has 5 N–H and O–H groups in total. The smallest absolute Gasteiger partial charge is 0.266 e. The van der Waals surface area contributed by atoms with E-state index in [1.54, 1.807) is 30.3 Å². The summed E-state index contributed by atoms with van der Waals surface area (Å²) in [7, 11) is 0. The molecule has 4 aliphatic heterocycles. The number of anilines is 1. The van der Waals surface area contributed by atoms with Gasteiger partial charge in [0.05, 0.1) is 16.7 Å². The Hall–Kier alpha value is -6.97. The van der Waals surface area contributed by atoms with E-state index in [-0.39, 0.29) is 65.6 Å². The largest absolute Gasteiger partial charge is 0.507 e. The number of carbonyl (C=O) groups excluding carboxylic acids is 7. The average Bonchev–Trinajstić information content (AvgIpc) is 4.00. The molecule has 0 aliphatic carbocycles. The molecule has 3 fully saturated rings. The first-order valence-electron chi connectivity index (χ1n) is 23.5. The summed E-state index contributed by atoms with van der Waals surface area (Å²) in [5.74, 6) is -2.23. The molecule has 67 heavy (non-hydrogen) atoms. The fourth-order valence-electron chi connectivity index (χ4n) is 9.25. The standard InChI is InChI=1S/C51H61N7O9/c1-34-21-22-41(49(64)55-34)58-50(65)40-16-11-18-44(48(40)51(58)66)67-33-47(63)53-26-9-5-3-2-4-8-25-52-45(61)19-12-20-46(62)54-27-23-35-13-10-14-36(29-35)57-32-37-30-38(57)31-56(37)28-24-43(60)39-15-6-7-17-42(39)59/h6-7,10-11,13-18,24,28-29,37-38,41,59H,1-5,8-9,12,19-23,25-27,30-33H2,(H,52,61)(H,53,63)(H,54,62)(H,55,64)/b28-24+/t37-,38-,41?/m1/s1. The molecule has 2 bridgehead atoms. The van der Waals surface area contributed by atoms with Gasteiger partial charge >= 0.3 is 0 Å². The van der Waals surface area contributed by atoms with Gasteiger partial charge in [0, 0.05) is 81.3 Å². The monoisotopic (exact) mass is 915 g/mol. The van der Waals surface area contributed by atoms with Crippen LogP contribution in [0.2, 0.25) is 0 Å². The quantitative estimate of drug-likeness (QED) is 0.0353. The number of phenols is 1. The highest BCUT2D eigenvalue weighted by Crippen LogP contribution is 2.36. The Morgan fingerprint density at radius 3 is 2.19 bits per heavy atom. The Bertz CT molecular complexity index is 2380. The molecule has 16 nitrogen and oxygen atoms in total. The third kappa shape index (κ3) is 12.5. The molecular formula is C51H61N7O9. The lowest BCUT2D eigenvalue weighted by molar-refractivity contribution is -0.125. The number of imide groups is 1. The molecule has 0 saturated carbocycles. The molecule has 3 aromatic carbocycles. The van der Waals surface area contributed by atoms with E-state index >= 15 is 0 Å². The Kier molecular flexibility index (Phi) is 16.4. The van der Waals surface area contributed by atoms with E-state index in [1.807, 2.05) is 6.20 Å². The number of nitrogens with one attached hydrogen (secondary N) is 4. The van der Waals surface area contributed by atoms with Gasteiger partial charge in [-0.15, -0.1) is 0 Å². The van der Waals surface area contributed by atoms with Crippen molar-refractivity contribution >= 4 is 46.9 Å². The van der Waals surface area contributed by atoms with Gasteiger partial charge in [-0.1, -0.05) is 62.6 Å². The van der Waals surface area contributed by atoms with Crippen molar-refractivity contribution in [2.45, 2.75) is 102 Å². The van der Waals surface area contributed by atoms with Crippen LogP contribution < -0.4 is 30.9 Å². The summed E-state index contributed by atoms with van der Waals surface area (Å²) >= 11 is 0. The number of para-hydroxylation sites is 1. The molecule has 4 aliphatic rings. The Labute approximate surface area is 391 Å². The van der Waals surface area contributed by atoms with Crippen LogP contribution in [-0.2, 0) is 25.6 Å². The molecule has 1 unspecified atom stereocenters. The van der Waals surface area contributed by atoms with E-state index < -0.39 is 23.8 Å². The van der Waals surface area contributed by atoms with Gasteiger partial charge in [0.2, 0.25) is 17.7 Å². The number of ketones is 1. The van der Waals surface area contributed by atoms with Crippen molar-refractivity contribution in [1.82, 2.24) is 31.1 Å². The van der Waals surface area contributed by atoms with Crippen molar-refractivity contribution in [2.75, 3.05) is 44.2 Å². The zero-order valence-electron chi connectivity index (χ0n) is 37.9. The molecule has 6 amide bonds. The number of piperidine rings is 1. The van der Waals surface area contributed by atoms with Crippen LogP contribution in [0, 0.1) is 0 Å². The van der Waals surface area contributed by atoms with Gasteiger partial charge in [-0.2, -0.15) is 0 Å². The van der Waals surface area contributed by atoms with E-state index in [4.69, 9.17) is 4.74 Å². The highest BCUT2D eigenvalue weighted by molar-refractivity contribution is 6.24. The first kappa shape index (κ1) is 48.0. The highest BCUT2D eigenvalue weighted by atomic mass is 16.5. The topological polar surface area (TPSA) is 207 Å².